The molecule has 2 rings (SSSR count). The van der Waals surface area contributed by atoms with Crippen LogP contribution in [0.4, 0.5) is 0 Å². The van der Waals surface area contributed by atoms with Gasteiger partial charge in [-0.15, -0.1) is 0 Å². The molecule has 80 valence electrons. The molecule has 2 N–H and O–H groups in total. The Balaban J connectivity index is 2.48. The van der Waals surface area contributed by atoms with E-state index in [0.717, 1.165) is 14.8 Å². The van der Waals surface area contributed by atoms with E-state index in [1.807, 2.05) is 12.1 Å². The molecule has 0 bridgehead atoms. The van der Waals surface area contributed by atoms with E-state index in [2.05, 4.69) is 32.6 Å². The maximum Gasteiger partial charge on any atom is 0.250 e. The quantitative estimate of drug-likeness (QED) is 0.857. The molecule has 2 aromatic heterocycles. The molecule has 16 heavy (non-hydrogen) atoms. The first-order valence-corrected chi connectivity index (χ1v) is 5.61. The minimum absolute atomic E-state index is 0.387. The number of rotatable bonds is 2. The number of nitrogens with zero attached hydrogens (tertiary/aromatic N) is 2. The van der Waals surface area contributed by atoms with E-state index in [9.17, 15) is 4.79 Å². The van der Waals surface area contributed by atoms with Crippen molar-refractivity contribution in [2.24, 2.45) is 5.73 Å². The highest BCUT2D eigenvalue weighted by molar-refractivity contribution is 14.1. The highest BCUT2D eigenvalue weighted by atomic mass is 127. The number of carbonyl (C=O) groups is 1. The summed E-state index contributed by atoms with van der Waals surface area (Å²) in [4.78, 5) is 19.2. The molecule has 4 nitrogen and oxygen atoms in total. The lowest BCUT2D eigenvalue weighted by molar-refractivity contribution is 0.1000. The van der Waals surface area contributed by atoms with Gasteiger partial charge in [-0.2, -0.15) is 0 Å². The zero-order valence-corrected chi connectivity index (χ0v) is 10.4. The van der Waals surface area contributed by atoms with Gasteiger partial charge in [0.2, 0.25) is 5.91 Å². The van der Waals surface area contributed by atoms with Crippen LogP contribution < -0.4 is 5.73 Å². The summed E-state index contributed by atoms with van der Waals surface area (Å²) in [5.41, 5.74) is 7.14. The molecule has 2 aromatic rings. The van der Waals surface area contributed by atoms with Crippen molar-refractivity contribution < 1.29 is 4.79 Å². The molecule has 0 aliphatic carbocycles. The average Bonchev–Trinajstić information content (AvgIpc) is 2.29. The van der Waals surface area contributed by atoms with Crippen molar-refractivity contribution in [3.63, 3.8) is 0 Å². The monoisotopic (exact) mass is 325 g/mol. The smallest absolute Gasteiger partial charge is 0.250 e. The largest absolute Gasteiger partial charge is 0.366 e. The first-order chi connectivity index (χ1) is 7.66. The second-order valence-electron chi connectivity index (χ2n) is 3.19. The lowest BCUT2D eigenvalue weighted by atomic mass is 10.1. The number of pyridine rings is 2. The van der Waals surface area contributed by atoms with Crippen LogP contribution >= 0.6 is 22.6 Å². The molecule has 0 atom stereocenters. The summed E-state index contributed by atoms with van der Waals surface area (Å²) in [5.74, 6) is -0.486. The van der Waals surface area contributed by atoms with E-state index in [1.165, 1.54) is 6.20 Å². The summed E-state index contributed by atoms with van der Waals surface area (Å²) in [6.07, 6.45) is 4.82. The van der Waals surface area contributed by atoms with E-state index in [-0.39, 0.29) is 0 Å². The van der Waals surface area contributed by atoms with Crippen molar-refractivity contribution in [1.29, 1.82) is 0 Å². The lowest BCUT2D eigenvalue weighted by Gasteiger charge is -2.02. The third-order valence-electron chi connectivity index (χ3n) is 2.04. The van der Waals surface area contributed by atoms with Crippen LogP contribution in [0.3, 0.4) is 0 Å². The number of amides is 1. The molecular formula is C11H8IN3O. The van der Waals surface area contributed by atoms with Crippen LogP contribution in [0.2, 0.25) is 0 Å². The summed E-state index contributed by atoms with van der Waals surface area (Å²) < 4.78 is 1.08. The SMILES string of the molecule is NC(=O)c1cncc(-c2cc(I)ccn2)c1. The fraction of sp³-hybridized carbons (Fsp3) is 0. The van der Waals surface area contributed by atoms with Gasteiger partial charge in [0.1, 0.15) is 0 Å². The zero-order chi connectivity index (χ0) is 11.5. The second kappa shape index (κ2) is 4.56. The fourth-order valence-electron chi connectivity index (χ4n) is 1.28. The fourth-order valence-corrected chi connectivity index (χ4v) is 1.73. The van der Waals surface area contributed by atoms with Crippen LogP contribution in [-0.2, 0) is 0 Å². The molecule has 0 saturated carbocycles. The van der Waals surface area contributed by atoms with Gasteiger partial charge in [0.25, 0.3) is 0 Å². The Morgan fingerprint density at radius 2 is 2.12 bits per heavy atom. The highest BCUT2D eigenvalue weighted by Crippen LogP contribution is 2.18. The molecule has 0 radical (unpaired) electrons. The maximum atomic E-state index is 11.0. The van der Waals surface area contributed by atoms with E-state index in [4.69, 9.17) is 5.73 Å². The zero-order valence-electron chi connectivity index (χ0n) is 8.22. The number of hydrogen-bond acceptors (Lipinski definition) is 3. The summed E-state index contributed by atoms with van der Waals surface area (Å²) in [5, 5.41) is 0. The number of carbonyl (C=O) groups excluding carboxylic acids is 1. The first-order valence-electron chi connectivity index (χ1n) is 4.53. The summed E-state index contributed by atoms with van der Waals surface area (Å²) in [6.45, 7) is 0. The van der Waals surface area contributed by atoms with Gasteiger partial charge in [0, 0.05) is 27.7 Å². The van der Waals surface area contributed by atoms with Gasteiger partial charge in [0.15, 0.2) is 0 Å². The molecule has 0 saturated heterocycles. The lowest BCUT2D eigenvalue weighted by Crippen LogP contribution is -2.11. The predicted molar refractivity (Wildman–Crippen MR) is 68.7 cm³/mol. The number of hydrogen-bond donors (Lipinski definition) is 1. The Kier molecular flexibility index (Phi) is 3.14. The Bertz CT molecular complexity index is 542. The number of halogens is 1. The second-order valence-corrected chi connectivity index (χ2v) is 4.43. The van der Waals surface area contributed by atoms with Gasteiger partial charge in [0.05, 0.1) is 11.3 Å². The molecule has 0 unspecified atom stereocenters. The summed E-state index contributed by atoms with van der Waals surface area (Å²) >= 11 is 2.20. The third-order valence-corrected chi connectivity index (χ3v) is 2.71. The molecule has 0 spiro atoms. The van der Waals surface area contributed by atoms with E-state index < -0.39 is 5.91 Å². The normalized spacial score (nSPS) is 10.1. The van der Waals surface area contributed by atoms with E-state index >= 15 is 0 Å². The molecule has 1 amide bonds. The highest BCUT2D eigenvalue weighted by Gasteiger charge is 2.05. The number of nitrogens with two attached hydrogens (primary N) is 1. The van der Waals surface area contributed by atoms with Gasteiger partial charge < -0.3 is 5.73 Å². The van der Waals surface area contributed by atoms with Gasteiger partial charge in [-0.05, 0) is 40.8 Å². The van der Waals surface area contributed by atoms with Crippen molar-refractivity contribution >= 4 is 28.5 Å². The molecule has 0 fully saturated rings. The van der Waals surface area contributed by atoms with Crippen molar-refractivity contribution in [3.8, 4) is 11.3 Å². The van der Waals surface area contributed by atoms with Crippen LogP contribution in [-0.4, -0.2) is 15.9 Å². The third kappa shape index (κ3) is 2.35. The molecule has 5 heteroatoms. The first kappa shape index (κ1) is 11.0. The molecule has 2 heterocycles. The van der Waals surface area contributed by atoms with Gasteiger partial charge in [-0.1, -0.05) is 0 Å². The summed E-state index contributed by atoms with van der Waals surface area (Å²) in [7, 11) is 0. The molecule has 0 aliphatic rings. The predicted octanol–water partition coefficient (Wildman–Crippen LogP) is 1.85. The van der Waals surface area contributed by atoms with E-state index in [1.54, 1.807) is 18.5 Å². The Labute approximate surface area is 106 Å². The van der Waals surface area contributed by atoms with Crippen LogP contribution in [0, 0.1) is 3.57 Å². The summed E-state index contributed by atoms with van der Waals surface area (Å²) in [6, 6.07) is 5.51. The van der Waals surface area contributed by atoms with Crippen LogP contribution in [0.5, 0.6) is 0 Å². The molecular weight excluding hydrogens is 317 g/mol. The maximum absolute atomic E-state index is 11.0. The van der Waals surface area contributed by atoms with Crippen LogP contribution in [0.25, 0.3) is 11.3 Å². The van der Waals surface area contributed by atoms with Gasteiger partial charge >= 0.3 is 0 Å². The molecule has 0 aliphatic heterocycles. The Morgan fingerprint density at radius 1 is 1.31 bits per heavy atom. The van der Waals surface area contributed by atoms with Crippen molar-refractivity contribution in [2.45, 2.75) is 0 Å². The Morgan fingerprint density at radius 3 is 2.81 bits per heavy atom. The standard InChI is InChI=1S/C11H8IN3O/c12-9-1-2-15-10(4-9)7-3-8(11(13)16)6-14-5-7/h1-6H,(H2,13,16). The topological polar surface area (TPSA) is 68.9 Å². The average molecular weight is 325 g/mol. The van der Waals surface area contributed by atoms with Crippen molar-refractivity contribution in [1.82, 2.24) is 9.97 Å². The number of aromatic nitrogens is 2. The Hall–Kier alpha value is -1.50. The van der Waals surface area contributed by atoms with E-state index in [0.29, 0.717) is 5.56 Å². The van der Waals surface area contributed by atoms with Gasteiger partial charge in [-0.3, -0.25) is 14.8 Å². The number of primary amides is 1. The van der Waals surface area contributed by atoms with Crippen molar-refractivity contribution in [2.75, 3.05) is 0 Å². The minimum Gasteiger partial charge on any atom is -0.366 e. The van der Waals surface area contributed by atoms with Crippen LogP contribution in [0.15, 0.2) is 36.8 Å². The van der Waals surface area contributed by atoms with Crippen molar-refractivity contribution in [3.05, 3.63) is 45.9 Å². The van der Waals surface area contributed by atoms with Gasteiger partial charge in [-0.25, -0.2) is 0 Å². The molecule has 0 aromatic carbocycles. The minimum atomic E-state index is -0.486. The van der Waals surface area contributed by atoms with Crippen LogP contribution in [0.1, 0.15) is 10.4 Å².